The average molecular weight is 253 g/mol. The number of nitrogens with one attached hydrogen (secondary N) is 1. The van der Waals surface area contributed by atoms with E-state index in [1.807, 2.05) is 0 Å². The lowest BCUT2D eigenvalue weighted by Gasteiger charge is -2.38. The lowest BCUT2D eigenvalue weighted by atomic mass is 10.0. The van der Waals surface area contributed by atoms with Crippen molar-refractivity contribution in [1.29, 1.82) is 0 Å². The fraction of sp³-hybridized carbons (Fsp3) is 1.00. The van der Waals surface area contributed by atoms with Crippen LogP contribution in [-0.2, 0) is 0 Å². The van der Waals surface area contributed by atoms with Gasteiger partial charge < -0.3 is 10.2 Å². The third-order valence-corrected chi connectivity index (χ3v) is 4.62. The van der Waals surface area contributed by atoms with Crippen LogP contribution < -0.4 is 5.32 Å². The van der Waals surface area contributed by atoms with Gasteiger partial charge in [0.25, 0.3) is 0 Å². The first-order valence-electron chi connectivity index (χ1n) is 7.95. The van der Waals surface area contributed by atoms with Gasteiger partial charge in [-0.1, -0.05) is 13.3 Å². The minimum atomic E-state index is 0.765. The fourth-order valence-electron chi connectivity index (χ4n) is 3.34. The Morgan fingerprint density at radius 1 is 1.22 bits per heavy atom. The van der Waals surface area contributed by atoms with Crippen LogP contribution in [0.5, 0.6) is 0 Å². The molecule has 0 aromatic heterocycles. The second-order valence-electron chi connectivity index (χ2n) is 6.18. The predicted octanol–water partition coefficient (Wildman–Crippen LogP) is 1.93. The van der Waals surface area contributed by atoms with Gasteiger partial charge in [-0.2, -0.15) is 0 Å². The van der Waals surface area contributed by atoms with Gasteiger partial charge in [-0.3, -0.25) is 4.90 Å². The first-order chi connectivity index (χ1) is 8.79. The third-order valence-electron chi connectivity index (χ3n) is 4.62. The van der Waals surface area contributed by atoms with Crippen LogP contribution in [0, 0.1) is 0 Å². The van der Waals surface area contributed by atoms with Crippen molar-refractivity contribution in [1.82, 2.24) is 15.1 Å². The van der Waals surface area contributed by atoms with Crippen LogP contribution in [0.4, 0.5) is 0 Å². The molecule has 2 saturated heterocycles. The maximum absolute atomic E-state index is 3.66. The summed E-state index contributed by atoms with van der Waals surface area (Å²) < 4.78 is 0. The van der Waals surface area contributed by atoms with E-state index in [0.717, 1.165) is 12.1 Å². The van der Waals surface area contributed by atoms with Gasteiger partial charge in [-0.25, -0.2) is 0 Å². The quantitative estimate of drug-likeness (QED) is 0.780. The Bertz CT molecular complexity index is 218. The molecule has 0 amide bonds. The first-order valence-corrected chi connectivity index (χ1v) is 7.95. The van der Waals surface area contributed by atoms with Crippen molar-refractivity contribution < 1.29 is 0 Å². The molecule has 3 heteroatoms. The summed E-state index contributed by atoms with van der Waals surface area (Å²) in [4.78, 5) is 5.27. The average Bonchev–Trinajstić information content (AvgIpc) is 2.88. The van der Waals surface area contributed by atoms with Crippen molar-refractivity contribution in [3.63, 3.8) is 0 Å². The molecule has 2 rings (SSSR count). The summed E-state index contributed by atoms with van der Waals surface area (Å²) in [7, 11) is 2.26. The standard InChI is InChI=1S/C15H31N3/c1-3-4-10-18(13-14-6-5-9-16-14)15-7-11-17(2)12-8-15/h14-16H,3-13H2,1-2H3. The number of likely N-dealkylation sites (tertiary alicyclic amines) is 1. The molecule has 0 aliphatic carbocycles. The van der Waals surface area contributed by atoms with Crippen molar-refractivity contribution in [2.24, 2.45) is 0 Å². The van der Waals surface area contributed by atoms with Gasteiger partial charge in [-0.05, 0) is 65.3 Å². The minimum absolute atomic E-state index is 0.765. The minimum Gasteiger partial charge on any atom is -0.313 e. The second-order valence-corrected chi connectivity index (χ2v) is 6.18. The summed E-state index contributed by atoms with van der Waals surface area (Å²) in [6.45, 7) is 8.70. The molecule has 0 radical (unpaired) electrons. The Labute approximate surface area is 113 Å². The number of unbranched alkanes of at least 4 members (excludes halogenated alkanes) is 1. The zero-order chi connectivity index (χ0) is 12.8. The molecule has 2 aliphatic rings. The highest BCUT2D eigenvalue weighted by atomic mass is 15.2. The van der Waals surface area contributed by atoms with E-state index in [1.54, 1.807) is 0 Å². The van der Waals surface area contributed by atoms with Crippen LogP contribution in [-0.4, -0.2) is 61.7 Å². The highest BCUT2D eigenvalue weighted by Gasteiger charge is 2.25. The summed E-state index contributed by atoms with van der Waals surface area (Å²) in [5.74, 6) is 0. The SMILES string of the molecule is CCCCN(CC1CCCN1)C1CCN(C)CC1. The largest absolute Gasteiger partial charge is 0.313 e. The van der Waals surface area contributed by atoms with E-state index < -0.39 is 0 Å². The van der Waals surface area contributed by atoms with Crippen molar-refractivity contribution >= 4 is 0 Å². The molecular weight excluding hydrogens is 222 g/mol. The molecule has 0 aromatic carbocycles. The summed E-state index contributed by atoms with van der Waals surface area (Å²) in [5, 5.41) is 3.66. The van der Waals surface area contributed by atoms with E-state index in [9.17, 15) is 0 Å². The lowest BCUT2D eigenvalue weighted by molar-refractivity contribution is 0.111. The molecule has 3 nitrogen and oxygen atoms in total. The molecule has 2 heterocycles. The third kappa shape index (κ3) is 4.22. The molecule has 1 unspecified atom stereocenters. The molecule has 106 valence electrons. The zero-order valence-electron chi connectivity index (χ0n) is 12.3. The van der Waals surface area contributed by atoms with Crippen LogP contribution in [0.15, 0.2) is 0 Å². The van der Waals surface area contributed by atoms with Crippen molar-refractivity contribution in [3.8, 4) is 0 Å². The van der Waals surface area contributed by atoms with E-state index in [1.165, 1.54) is 71.2 Å². The Morgan fingerprint density at radius 3 is 2.61 bits per heavy atom. The van der Waals surface area contributed by atoms with Crippen molar-refractivity contribution in [3.05, 3.63) is 0 Å². The van der Waals surface area contributed by atoms with Crippen molar-refractivity contribution in [2.75, 3.05) is 39.8 Å². The monoisotopic (exact) mass is 253 g/mol. The summed E-state index contributed by atoms with van der Waals surface area (Å²) in [6, 6.07) is 1.61. The highest BCUT2D eigenvalue weighted by Crippen LogP contribution is 2.18. The number of nitrogens with zero attached hydrogens (tertiary/aromatic N) is 2. The van der Waals surface area contributed by atoms with Crippen molar-refractivity contribution in [2.45, 2.75) is 57.5 Å². The Balaban J connectivity index is 1.82. The van der Waals surface area contributed by atoms with Gasteiger partial charge >= 0.3 is 0 Å². The molecule has 1 N–H and O–H groups in total. The topological polar surface area (TPSA) is 18.5 Å². The van der Waals surface area contributed by atoms with E-state index in [-0.39, 0.29) is 0 Å². The normalized spacial score (nSPS) is 27.2. The lowest BCUT2D eigenvalue weighted by Crippen LogP contribution is -2.48. The highest BCUT2D eigenvalue weighted by molar-refractivity contribution is 4.84. The fourth-order valence-corrected chi connectivity index (χ4v) is 3.34. The van der Waals surface area contributed by atoms with E-state index >= 15 is 0 Å². The van der Waals surface area contributed by atoms with E-state index in [4.69, 9.17) is 0 Å². The van der Waals surface area contributed by atoms with Gasteiger partial charge in [0.1, 0.15) is 0 Å². The zero-order valence-corrected chi connectivity index (χ0v) is 12.3. The molecule has 2 fully saturated rings. The van der Waals surface area contributed by atoms with Crippen LogP contribution in [0.25, 0.3) is 0 Å². The second kappa shape index (κ2) is 7.46. The molecule has 0 bridgehead atoms. The van der Waals surface area contributed by atoms with Gasteiger partial charge in [0.05, 0.1) is 0 Å². The van der Waals surface area contributed by atoms with Gasteiger partial charge in [0.2, 0.25) is 0 Å². The molecule has 0 aromatic rings. The van der Waals surface area contributed by atoms with Gasteiger partial charge in [0.15, 0.2) is 0 Å². The molecule has 2 aliphatic heterocycles. The molecular formula is C15H31N3. The van der Waals surface area contributed by atoms with Gasteiger partial charge in [-0.15, -0.1) is 0 Å². The van der Waals surface area contributed by atoms with E-state index in [0.29, 0.717) is 0 Å². The van der Waals surface area contributed by atoms with Crippen LogP contribution >= 0.6 is 0 Å². The van der Waals surface area contributed by atoms with Crippen LogP contribution in [0.1, 0.15) is 45.4 Å². The number of hydrogen-bond acceptors (Lipinski definition) is 3. The molecule has 0 saturated carbocycles. The smallest absolute Gasteiger partial charge is 0.0195 e. The van der Waals surface area contributed by atoms with Gasteiger partial charge in [0, 0.05) is 18.6 Å². The Kier molecular flexibility index (Phi) is 5.93. The number of rotatable bonds is 6. The summed E-state index contributed by atoms with van der Waals surface area (Å²) >= 11 is 0. The number of hydrogen-bond donors (Lipinski definition) is 1. The van der Waals surface area contributed by atoms with Crippen LogP contribution in [0.3, 0.4) is 0 Å². The maximum atomic E-state index is 3.66. The Morgan fingerprint density at radius 2 is 2.00 bits per heavy atom. The molecule has 0 spiro atoms. The van der Waals surface area contributed by atoms with E-state index in [2.05, 4.69) is 29.1 Å². The predicted molar refractivity (Wildman–Crippen MR) is 78.0 cm³/mol. The first kappa shape index (κ1) is 14.3. The summed E-state index contributed by atoms with van der Waals surface area (Å²) in [5.41, 5.74) is 0. The molecule has 18 heavy (non-hydrogen) atoms. The maximum Gasteiger partial charge on any atom is 0.0195 e. The number of piperidine rings is 1. The molecule has 1 atom stereocenters. The summed E-state index contributed by atoms with van der Waals surface area (Å²) in [6.07, 6.45) is 8.18. The van der Waals surface area contributed by atoms with Crippen LogP contribution in [0.2, 0.25) is 0 Å². The Hall–Kier alpha value is -0.120.